The normalized spacial score (nSPS) is 15.8. The standard InChI is InChI=1S/C14H16F3N3O2/c1-10-2-3-11(9-18-10)13(22)20-6-4-19(5-7-20)12(21)8-14(15,16)17/h2-3,9H,4-8H2,1H3. The number of rotatable bonds is 2. The molecule has 2 amide bonds. The monoisotopic (exact) mass is 315 g/mol. The molecular formula is C14H16F3N3O2. The second-order valence-electron chi connectivity index (χ2n) is 5.15. The van der Waals surface area contributed by atoms with Gasteiger partial charge in [-0.2, -0.15) is 13.2 Å². The lowest BCUT2D eigenvalue weighted by atomic mass is 10.2. The molecule has 22 heavy (non-hydrogen) atoms. The average Bonchev–Trinajstić information content (AvgIpc) is 2.46. The Morgan fingerprint density at radius 1 is 1.14 bits per heavy atom. The summed E-state index contributed by atoms with van der Waals surface area (Å²) in [6.45, 7) is 2.46. The molecule has 1 aliphatic rings. The molecule has 1 aromatic rings. The number of piperazine rings is 1. The van der Waals surface area contributed by atoms with Crippen LogP contribution in [0, 0.1) is 6.92 Å². The first kappa shape index (κ1) is 16.3. The van der Waals surface area contributed by atoms with E-state index >= 15 is 0 Å². The zero-order chi connectivity index (χ0) is 16.3. The Morgan fingerprint density at radius 2 is 1.73 bits per heavy atom. The van der Waals surface area contributed by atoms with Gasteiger partial charge in [-0.25, -0.2) is 0 Å². The van der Waals surface area contributed by atoms with E-state index in [1.807, 2.05) is 0 Å². The summed E-state index contributed by atoms with van der Waals surface area (Å²) in [5.74, 6) is -1.17. The molecule has 1 fully saturated rings. The fraction of sp³-hybridized carbons (Fsp3) is 0.500. The molecule has 5 nitrogen and oxygen atoms in total. The third kappa shape index (κ3) is 4.19. The van der Waals surface area contributed by atoms with Crippen LogP contribution in [0.2, 0.25) is 0 Å². The second-order valence-corrected chi connectivity index (χ2v) is 5.15. The number of nitrogens with zero attached hydrogens (tertiary/aromatic N) is 3. The van der Waals surface area contributed by atoms with Gasteiger partial charge in [-0.3, -0.25) is 14.6 Å². The predicted octanol–water partition coefficient (Wildman–Crippen LogP) is 1.63. The molecular weight excluding hydrogens is 299 g/mol. The first-order valence-corrected chi connectivity index (χ1v) is 6.83. The minimum atomic E-state index is -4.50. The van der Waals surface area contributed by atoms with E-state index in [9.17, 15) is 22.8 Å². The summed E-state index contributed by atoms with van der Waals surface area (Å²) in [4.78, 5) is 30.4. The number of hydrogen-bond donors (Lipinski definition) is 0. The van der Waals surface area contributed by atoms with Gasteiger partial charge in [0.25, 0.3) is 5.91 Å². The van der Waals surface area contributed by atoms with E-state index in [2.05, 4.69) is 4.98 Å². The van der Waals surface area contributed by atoms with E-state index < -0.39 is 18.5 Å². The second kappa shape index (κ2) is 6.33. The highest BCUT2D eigenvalue weighted by Crippen LogP contribution is 2.21. The lowest BCUT2D eigenvalue weighted by Gasteiger charge is -2.35. The summed E-state index contributed by atoms with van der Waals surface area (Å²) in [6.07, 6.45) is -4.49. The van der Waals surface area contributed by atoms with Crippen molar-refractivity contribution >= 4 is 11.8 Å². The number of carbonyl (C=O) groups excluding carboxylic acids is 2. The fourth-order valence-corrected chi connectivity index (χ4v) is 2.22. The van der Waals surface area contributed by atoms with E-state index in [-0.39, 0.29) is 32.1 Å². The summed E-state index contributed by atoms with van der Waals surface area (Å²) in [5, 5.41) is 0. The maximum atomic E-state index is 12.2. The third-order valence-corrected chi connectivity index (χ3v) is 3.43. The number of halogens is 3. The molecule has 1 aromatic heterocycles. The largest absolute Gasteiger partial charge is 0.397 e. The third-order valence-electron chi connectivity index (χ3n) is 3.43. The molecule has 2 heterocycles. The molecule has 0 aromatic carbocycles. The lowest BCUT2D eigenvalue weighted by molar-refractivity contribution is -0.162. The maximum absolute atomic E-state index is 12.2. The van der Waals surface area contributed by atoms with Crippen molar-refractivity contribution < 1.29 is 22.8 Å². The summed E-state index contributed by atoms with van der Waals surface area (Å²) in [6, 6.07) is 3.38. The number of alkyl halides is 3. The van der Waals surface area contributed by atoms with E-state index in [4.69, 9.17) is 0 Å². The molecule has 0 aliphatic carbocycles. The van der Waals surface area contributed by atoms with Gasteiger partial charge >= 0.3 is 6.18 Å². The highest BCUT2D eigenvalue weighted by Gasteiger charge is 2.34. The van der Waals surface area contributed by atoms with Crippen LogP contribution < -0.4 is 0 Å². The van der Waals surface area contributed by atoms with Gasteiger partial charge in [-0.1, -0.05) is 0 Å². The Bertz CT molecular complexity index is 549. The Morgan fingerprint density at radius 3 is 2.23 bits per heavy atom. The van der Waals surface area contributed by atoms with Crippen molar-refractivity contribution in [3.63, 3.8) is 0 Å². The van der Waals surface area contributed by atoms with E-state index in [1.54, 1.807) is 19.1 Å². The molecule has 0 atom stereocenters. The number of aryl methyl sites for hydroxylation is 1. The molecule has 0 spiro atoms. The maximum Gasteiger partial charge on any atom is 0.397 e. The fourth-order valence-electron chi connectivity index (χ4n) is 2.22. The molecule has 0 N–H and O–H groups in total. The van der Waals surface area contributed by atoms with Crippen molar-refractivity contribution in [3.8, 4) is 0 Å². The van der Waals surface area contributed by atoms with Crippen molar-refractivity contribution in [2.45, 2.75) is 19.5 Å². The topological polar surface area (TPSA) is 53.5 Å². The van der Waals surface area contributed by atoms with Crippen LogP contribution in [-0.4, -0.2) is 59.0 Å². The molecule has 0 unspecified atom stereocenters. The van der Waals surface area contributed by atoms with Gasteiger partial charge in [-0.15, -0.1) is 0 Å². The van der Waals surface area contributed by atoms with E-state index in [0.29, 0.717) is 5.56 Å². The van der Waals surface area contributed by atoms with Crippen LogP contribution in [0.15, 0.2) is 18.3 Å². The zero-order valence-corrected chi connectivity index (χ0v) is 12.1. The highest BCUT2D eigenvalue weighted by atomic mass is 19.4. The molecule has 0 radical (unpaired) electrons. The molecule has 0 bridgehead atoms. The SMILES string of the molecule is Cc1ccc(C(=O)N2CCN(C(=O)CC(F)(F)F)CC2)cn1. The number of hydrogen-bond acceptors (Lipinski definition) is 3. The van der Waals surface area contributed by atoms with Crippen LogP contribution in [0.4, 0.5) is 13.2 Å². The van der Waals surface area contributed by atoms with E-state index in [1.165, 1.54) is 11.1 Å². The number of aromatic nitrogens is 1. The van der Waals surface area contributed by atoms with Gasteiger partial charge in [0, 0.05) is 38.1 Å². The number of carbonyl (C=O) groups is 2. The number of amides is 2. The Balaban J connectivity index is 1.90. The Hall–Kier alpha value is -2.12. The van der Waals surface area contributed by atoms with Crippen LogP contribution in [-0.2, 0) is 4.79 Å². The first-order valence-electron chi connectivity index (χ1n) is 6.83. The van der Waals surface area contributed by atoms with Crippen molar-refractivity contribution in [1.82, 2.24) is 14.8 Å². The average molecular weight is 315 g/mol. The van der Waals surface area contributed by atoms with Crippen LogP contribution in [0.25, 0.3) is 0 Å². The first-order chi connectivity index (χ1) is 10.3. The van der Waals surface area contributed by atoms with Crippen molar-refractivity contribution in [1.29, 1.82) is 0 Å². The molecule has 0 saturated carbocycles. The van der Waals surface area contributed by atoms with Crippen molar-refractivity contribution in [2.24, 2.45) is 0 Å². The minimum Gasteiger partial charge on any atom is -0.339 e. The molecule has 8 heteroatoms. The number of pyridine rings is 1. The van der Waals surface area contributed by atoms with Crippen LogP contribution in [0.1, 0.15) is 22.5 Å². The molecule has 1 aliphatic heterocycles. The molecule has 1 saturated heterocycles. The Labute approximate surface area is 125 Å². The molecule has 120 valence electrons. The van der Waals surface area contributed by atoms with Crippen molar-refractivity contribution in [2.75, 3.05) is 26.2 Å². The zero-order valence-electron chi connectivity index (χ0n) is 12.1. The molecule has 2 rings (SSSR count). The van der Waals surface area contributed by atoms with Gasteiger partial charge < -0.3 is 9.80 Å². The summed E-state index contributed by atoms with van der Waals surface area (Å²) < 4.78 is 36.6. The van der Waals surface area contributed by atoms with Gasteiger partial charge in [0.05, 0.1) is 5.56 Å². The smallest absolute Gasteiger partial charge is 0.339 e. The van der Waals surface area contributed by atoms with Crippen molar-refractivity contribution in [3.05, 3.63) is 29.6 Å². The van der Waals surface area contributed by atoms with Crippen LogP contribution in [0.3, 0.4) is 0 Å². The van der Waals surface area contributed by atoms with Crippen LogP contribution >= 0.6 is 0 Å². The lowest BCUT2D eigenvalue weighted by Crippen LogP contribution is -2.51. The van der Waals surface area contributed by atoms with Gasteiger partial charge in [0.2, 0.25) is 5.91 Å². The summed E-state index contributed by atoms with van der Waals surface area (Å²) >= 11 is 0. The van der Waals surface area contributed by atoms with Crippen LogP contribution in [0.5, 0.6) is 0 Å². The predicted molar refractivity (Wildman–Crippen MR) is 72.1 cm³/mol. The summed E-state index contributed by atoms with van der Waals surface area (Å²) in [5.41, 5.74) is 1.22. The van der Waals surface area contributed by atoms with Gasteiger partial charge in [0.1, 0.15) is 6.42 Å². The highest BCUT2D eigenvalue weighted by molar-refractivity contribution is 5.94. The Kier molecular flexibility index (Phi) is 4.68. The quantitative estimate of drug-likeness (QED) is 0.833. The minimum absolute atomic E-state index is 0.111. The van der Waals surface area contributed by atoms with E-state index in [0.717, 1.165) is 10.6 Å². The van der Waals surface area contributed by atoms with Gasteiger partial charge in [-0.05, 0) is 19.1 Å². The summed E-state index contributed by atoms with van der Waals surface area (Å²) in [7, 11) is 0. The van der Waals surface area contributed by atoms with Gasteiger partial charge in [0.15, 0.2) is 0 Å².